The fraction of sp³-hybridized carbons (Fsp3) is 0.444. The molecular weight excluding hydrogens is 414 g/mol. The molecule has 2 aromatic rings. The Bertz CT molecular complexity index is 1010. The number of likely N-dealkylation sites (N-methyl/N-ethyl adjacent to an activating group) is 1. The Labute approximate surface area is 196 Å². The maximum atomic E-state index is 13.3. The van der Waals surface area contributed by atoms with Gasteiger partial charge in [0.15, 0.2) is 0 Å². The van der Waals surface area contributed by atoms with E-state index >= 15 is 0 Å². The van der Waals surface area contributed by atoms with E-state index in [0.717, 1.165) is 23.1 Å². The lowest BCUT2D eigenvalue weighted by Crippen LogP contribution is -2.49. The number of amides is 3. The summed E-state index contributed by atoms with van der Waals surface area (Å²) < 4.78 is 0. The molecule has 4 rings (SSSR count). The van der Waals surface area contributed by atoms with Crippen molar-refractivity contribution in [2.24, 2.45) is 5.92 Å². The van der Waals surface area contributed by atoms with Gasteiger partial charge in [0.1, 0.15) is 6.04 Å². The van der Waals surface area contributed by atoms with E-state index in [0.29, 0.717) is 45.6 Å². The van der Waals surface area contributed by atoms with Gasteiger partial charge in [-0.05, 0) is 43.4 Å². The maximum absolute atomic E-state index is 13.3. The summed E-state index contributed by atoms with van der Waals surface area (Å²) in [5, 5.41) is 0. The molecule has 0 bridgehead atoms. The molecule has 0 spiro atoms. The lowest BCUT2D eigenvalue weighted by Gasteiger charge is -2.30. The van der Waals surface area contributed by atoms with Crippen molar-refractivity contribution in [3.05, 3.63) is 60.2 Å². The normalized spacial score (nSPS) is 20.2. The van der Waals surface area contributed by atoms with Gasteiger partial charge in [0.25, 0.3) is 0 Å². The van der Waals surface area contributed by atoms with Crippen LogP contribution in [0, 0.1) is 5.92 Å². The second kappa shape index (κ2) is 10.2. The van der Waals surface area contributed by atoms with Crippen LogP contribution in [0.4, 0.5) is 0 Å². The molecule has 174 valence electrons. The van der Waals surface area contributed by atoms with Crippen LogP contribution in [0.25, 0.3) is 11.1 Å². The van der Waals surface area contributed by atoms with Gasteiger partial charge in [-0.1, -0.05) is 54.6 Å². The molecule has 2 unspecified atom stereocenters. The number of carbonyl (C=O) groups is 3. The van der Waals surface area contributed by atoms with Crippen molar-refractivity contribution < 1.29 is 14.4 Å². The van der Waals surface area contributed by atoms with Crippen molar-refractivity contribution >= 4 is 17.7 Å². The molecule has 2 aliphatic heterocycles. The Morgan fingerprint density at radius 2 is 1.76 bits per heavy atom. The SMILES string of the molecule is CCN1CCN(C(=O)C(C)N2CCCC2=O)CC(Cc2cccc(-c3ccccc3)c2)C1=O. The van der Waals surface area contributed by atoms with Gasteiger partial charge in [0.05, 0.1) is 5.92 Å². The number of carbonyl (C=O) groups excluding carboxylic acids is 3. The zero-order chi connectivity index (χ0) is 23.4. The molecule has 2 heterocycles. The molecule has 2 aliphatic rings. The first-order valence-corrected chi connectivity index (χ1v) is 12.0. The van der Waals surface area contributed by atoms with Gasteiger partial charge in [0, 0.05) is 39.1 Å². The van der Waals surface area contributed by atoms with Gasteiger partial charge in [-0.3, -0.25) is 14.4 Å². The molecule has 0 saturated carbocycles. The topological polar surface area (TPSA) is 60.9 Å². The molecule has 2 saturated heterocycles. The Balaban J connectivity index is 1.53. The van der Waals surface area contributed by atoms with Gasteiger partial charge < -0.3 is 14.7 Å². The van der Waals surface area contributed by atoms with Crippen LogP contribution in [0.5, 0.6) is 0 Å². The van der Waals surface area contributed by atoms with Crippen LogP contribution in [-0.4, -0.2) is 71.2 Å². The summed E-state index contributed by atoms with van der Waals surface area (Å²) in [6.45, 7) is 6.48. The highest BCUT2D eigenvalue weighted by atomic mass is 16.2. The summed E-state index contributed by atoms with van der Waals surface area (Å²) in [5.41, 5.74) is 3.35. The number of likely N-dealkylation sites (tertiary alicyclic amines) is 1. The average molecular weight is 448 g/mol. The molecule has 2 fully saturated rings. The fourth-order valence-corrected chi connectivity index (χ4v) is 4.98. The fourth-order valence-electron chi connectivity index (χ4n) is 4.98. The molecule has 6 heteroatoms. The zero-order valence-corrected chi connectivity index (χ0v) is 19.6. The summed E-state index contributed by atoms with van der Waals surface area (Å²) >= 11 is 0. The minimum absolute atomic E-state index is 0.0474. The Hall–Kier alpha value is -3.15. The van der Waals surface area contributed by atoms with Crippen LogP contribution < -0.4 is 0 Å². The number of rotatable bonds is 6. The molecular formula is C27H33N3O3. The Morgan fingerprint density at radius 3 is 2.45 bits per heavy atom. The van der Waals surface area contributed by atoms with E-state index in [9.17, 15) is 14.4 Å². The summed E-state index contributed by atoms with van der Waals surface area (Å²) in [5.74, 6) is -0.211. The van der Waals surface area contributed by atoms with E-state index in [2.05, 4.69) is 30.3 Å². The van der Waals surface area contributed by atoms with E-state index in [4.69, 9.17) is 0 Å². The first-order chi connectivity index (χ1) is 16.0. The average Bonchev–Trinajstić information content (AvgIpc) is 3.21. The first kappa shape index (κ1) is 23.0. The van der Waals surface area contributed by atoms with Gasteiger partial charge in [-0.15, -0.1) is 0 Å². The minimum atomic E-state index is -0.481. The van der Waals surface area contributed by atoms with Crippen LogP contribution in [0.1, 0.15) is 32.3 Å². The van der Waals surface area contributed by atoms with E-state index < -0.39 is 6.04 Å². The standard InChI is InChI=1S/C27H33N3O3/c1-3-28-15-16-29(26(32)20(2)30-14-8-13-25(30)31)19-24(27(28)33)18-21-9-7-12-23(17-21)22-10-5-4-6-11-22/h4-7,9-12,17,20,24H,3,8,13-16,18-19H2,1-2H3. The van der Waals surface area contributed by atoms with Crippen molar-refractivity contribution in [3.8, 4) is 11.1 Å². The highest BCUT2D eigenvalue weighted by Gasteiger charge is 2.36. The van der Waals surface area contributed by atoms with E-state index in [1.165, 1.54) is 0 Å². The van der Waals surface area contributed by atoms with Crippen LogP contribution in [0.3, 0.4) is 0 Å². The highest BCUT2D eigenvalue weighted by molar-refractivity contribution is 5.89. The number of benzene rings is 2. The Morgan fingerprint density at radius 1 is 1.00 bits per heavy atom. The van der Waals surface area contributed by atoms with E-state index in [-0.39, 0.29) is 23.6 Å². The second-order valence-corrected chi connectivity index (χ2v) is 9.04. The van der Waals surface area contributed by atoms with Crippen molar-refractivity contribution in [1.82, 2.24) is 14.7 Å². The van der Waals surface area contributed by atoms with Crippen molar-refractivity contribution in [2.75, 3.05) is 32.7 Å². The molecule has 2 aromatic carbocycles. The second-order valence-electron chi connectivity index (χ2n) is 9.04. The van der Waals surface area contributed by atoms with Gasteiger partial charge >= 0.3 is 0 Å². The molecule has 3 amide bonds. The van der Waals surface area contributed by atoms with Crippen LogP contribution >= 0.6 is 0 Å². The molecule has 6 nitrogen and oxygen atoms in total. The Kier molecular flexibility index (Phi) is 7.11. The monoisotopic (exact) mass is 447 g/mol. The molecule has 2 atom stereocenters. The van der Waals surface area contributed by atoms with Gasteiger partial charge in [0.2, 0.25) is 17.7 Å². The lowest BCUT2D eigenvalue weighted by molar-refractivity contribution is -0.143. The van der Waals surface area contributed by atoms with Crippen molar-refractivity contribution in [3.63, 3.8) is 0 Å². The lowest BCUT2D eigenvalue weighted by atomic mass is 9.94. The third-order valence-corrected chi connectivity index (χ3v) is 6.89. The number of hydrogen-bond acceptors (Lipinski definition) is 3. The summed E-state index contributed by atoms with van der Waals surface area (Å²) in [6.07, 6.45) is 1.90. The van der Waals surface area contributed by atoms with Gasteiger partial charge in [-0.25, -0.2) is 0 Å². The third kappa shape index (κ3) is 5.10. The van der Waals surface area contributed by atoms with E-state index in [1.54, 1.807) is 9.80 Å². The predicted octanol–water partition coefficient (Wildman–Crippen LogP) is 3.21. The summed E-state index contributed by atoms with van der Waals surface area (Å²) in [7, 11) is 0. The van der Waals surface area contributed by atoms with Crippen LogP contribution in [-0.2, 0) is 20.8 Å². The molecule has 33 heavy (non-hydrogen) atoms. The molecule has 0 aliphatic carbocycles. The number of nitrogens with zero attached hydrogens (tertiary/aromatic N) is 3. The smallest absolute Gasteiger partial charge is 0.245 e. The third-order valence-electron chi connectivity index (χ3n) is 6.89. The summed E-state index contributed by atoms with van der Waals surface area (Å²) in [6, 6.07) is 18.0. The van der Waals surface area contributed by atoms with Crippen molar-refractivity contribution in [1.29, 1.82) is 0 Å². The summed E-state index contributed by atoms with van der Waals surface area (Å²) in [4.78, 5) is 44.1. The zero-order valence-electron chi connectivity index (χ0n) is 19.6. The van der Waals surface area contributed by atoms with Crippen LogP contribution in [0.2, 0.25) is 0 Å². The maximum Gasteiger partial charge on any atom is 0.245 e. The number of hydrogen-bond donors (Lipinski definition) is 0. The van der Waals surface area contributed by atoms with Crippen molar-refractivity contribution in [2.45, 2.75) is 39.2 Å². The van der Waals surface area contributed by atoms with Gasteiger partial charge in [-0.2, -0.15) is 0 Å². The highest BCUT2D eigenvalue weighted by Crippen LogP contribution is 2.24. The largest absolute Gasteiger partial charge is 0.341 e. The van der Waals surface area contributed by atoms with Crippen LogP contribution in [0.15, 0.2) is 54.6 Å². The minimum Gasteiger partial charge on any atom is -0.341 e. The quantitative estimate of drug-likeness (QED) is 0.683. The van der Waals surface area contributed by atoms with E-state index in [1.807, 2.05) is 43.0 Å². The molecule has 0 radical (unpaired) electrons. The first-order valence-electron chi connectivity index (χ1n) is 12.0. The molecule has 0 N–H and O–H groups in total. The molecule has 0 aromatic heterocycles. The predicted molar refractivity (Wildman–Crippen MR) is 128 cm³/mol.